The number of rotatable bonds is 14. The van der Waals surface area contributed by atoms with Crippen molar-refractivity contribution in [1.82, 2.24) is 0 Å². The second kappa shape index (κ2) is 21.5. The average Bonchev–Trinajstić information content (AvgIpc) is 3.24. The van der Waals surface area contributed by atoms with Gasteiger partial charge in [0.05, 0.1) is 42.6 Å². The molecule has 4 amide bonds. The van der Waals surface area contributed by atoms with E-state index in [-0.39, 0.29) is 55.3 Å². The first kappa shape index (κ1) is 52.2. The van der Waals surface area contributed by atoms with Gasteiger partial charge in [0.1, 0.15) is 11.4 Å². The van der Waals surface area contributed by atoms with E-state index in [0.29, 0.717) is 11.1 Å². The van der Waals surface area contributed by atoms with Gasteiger partial charge in [-0.3, -0.25) is 28.8 Å². The number of alkyl halides is 6. The number of carbonyl (C=O) groups excluding carboxylic acids is 6. The summed E-state index contributed by atoms with van der Waals surface area (Å²) in [5.41, 5.74) is -2.55. The van der Waals surface area contributed by atoms with Crippen molar-refractivity contribution in [3.05, 3.63) is 138 Å². The van der Waals surface area contributed by atoms with Crippen LogP contribution in [0.4, 0.5) is 60.5 Å². The van der Waals surface area contributed by atoms with Gasteiger partial charge in [0.25, 0.3) is 23.6 Å². The van der Waals surface area contributed by atoms with Crippen molar-refractivity contribution in [2.45, 2.75) is 52.1 Å². The predicted octanol–water partition coefficient (Wildman–Crippen LogP) is 12.8. The normalized spacial score (nSPS) is 12.7. The van der Waals surface area contributed by atoms with E-state index in [9.17, 15) is 55.1 Å². The van der Waals surface area contributed by atoms with Crippen molar-refractivity contribution in [2.24, 2.45) is 20.5 Å². The van der Waals surface area contributed by atoms with Crippen LogP contribution in [-0.2, 0) is 31.5 Å². The van der Waals surface area contributed by atoms with E-state index in [4.69, 9.17) is 46.4 Å². The van der Waals surface area contributed by atoms with Crippen LogP contribution in [0.3, 0.4) is 0 Å². The Morgan fingerprint density at radius 3 is 1.18 bits per heavy atom. The van der Waals surface area contributed by atoms with E-state index in [0.717, 1.165) is 50.2 Å². The fourth-order valence-electron chi connectivity index (χ4n) is 5.91. The van der Waals surface area contributed by atoms with E-state index in [1.807, 2.05) is 0 Å². The predicted molar refractivity (Wildman–Crippen MR) is 243 cm³/mol. The highest BCUT2D eigenvalue weighted by Crippen LogP contribution is 2.40. The number of azo groups is 2. The zero-order valence-corrected chi connectivity index (χ0v) is 38.3. The van der Waals surface area contributed by atoms with Gasteiger partial charge < -0.3 is 21.3 Å². The van der Waals surface area contributed by atoms with Crippen LogP contribution in [0, 0.1) is 13.8 Å². The minimum Gasteiger partial charge on any atom is -0.324 e. The number of halogens is 10. The molecule has 0 saturated carbocycles. The molecule has 0 fully saturated rings. The van der Waals surface area contributed by atoms with Gasteiger partial charge in [-0.2, -0.15) is 46.8 Å². The molecular weight excluding hydrogens is 992 g/mol. The van der Waals surface area contributed by atoms with Gasteiger partial charge in [-0.25, -0.2) is 0 Å². The van der Waals surface area contributed by atoms with Crippen molar-refractivity contribution >= 4 is 116 Å². The molecule has 0 aliphatic rings. The van der Waals surface area contributed by atoms with E-state index in [2.05, 4.69) is 41.7 Å². The second-order valence-electron chi connectivity index (χ2n) is 14.5. The fraction of sp³-hybridized carbons (Fsp3) is 0.182. The Morgan fingerprint density at radius 2 is 0.853 bits per heavy atom. The molecule has 5 aromatic rings. The van der Waals surface area contributed by atoms with Crippen LogP contribution in [0.5, 0.6) is 0 Å². The highest BCUT2D eigenvalue weighted by atomic mass is 35.5. The van der Waals surface area contributed by atoms with Gasteiger partial charge >= 0.3 is 12.4 Å². The van der Waals surface area contributed by atoms with E-state index in [1.54, 1.807) is 13.8 Å². The molecule has 14 nitrogen and oxygen atoms in total. The monoisotopic (exact) mass is 1020 g/mol. The van der Waals surface area contributed by atoms with Crippen molar-refractivity contribution < 1.29 is 55.1 Å². The number of amides is 4. The maximum absolute atomic E-state index is 13.4. The molecule has 4 N–H and O–H groups in total. The largest absolute Gasteiger partial charge is 0.417 e. The van der Waals surface area contributed by atoms with Gasteiger partial charge in [0.15, 0.2) is 11.6 Å². The third kappa shape index (κ3) is 12.8. The maximum Gasteiger partial charge on any atom is 0.417 e. The molecule has 354 valence electrons. The van der Waals surface area contributed by atoms with E-state index in [1.165, 1.54) is 48.5 Å². The molecule has 2 atom stereocenters. The molecule has 24 heteroatoms. The summed E-state index contributed by atoms with van der Waals surface area (Å²) in [6.45, 7) is 5.23. The van der Waals surface area contributed by atoms with Crippen LogP contribution in [-0.4, -0.2) is 47.3 Å². The number of benzene rings is 5. The first-order valence-electron chi connectivity index (χ1n) is 19.3. The number of Topliss-reactive ketones (excluding diaryl/α,β-unsaturated/α-hetero) is 2. The van der Waals surface area contributed by atoms with Crippen LogP contribution >= 0.6 is 46.4 Å². The standard InChI is InChI=1S/C44H32Cl4F6N8O6/c1-19-15-32(58-42(68)38(22(4)64)62-60-34-18-24(12-14-28(34)46)40(66)56-30-10-6-8-26(36(30)48)44(52,53)54)20(2)16-31(19)57-41(67)37(21(3)63)61-59-33-17-23(11-13-27(33)45)39(65)55-29-9-5-7-25(35(29)47)43(49,50)51/h5-18,37-38H,1-4H3,(H,55,65)(H,56,66)(H,57,67)(H,58,68). The number of aryl methyl sites for hydroxylation is 2. The Labute approximate surface area is 401 Å². The number of ketones is 2. The number of hydrogen-bond acceptors (Lipinski definition) is 10. The molecule has 5 aromatic carbocycles. The molecular formula is C44H32Cl4F6N8O6. The average molecular weight is 1020 g/mol. The lowest BCUT2D eigenvalue weighted by molar-refractivity contribution is -0.138. The highest BCUT2D eigenvalue weighted by Gasteiger charge is 2.35. The third-order valence-corrected chi connectivity index (χ3v) is 10.9. The molecule has 68 heavy (non-hydrogen) atoms. The summed E-state index contributed by atoms with van der Waals surface area (Å²) in [5.74, 6) is -5.18. The van der Waals surface area contributed by atoms with Crippen molar-refractivity contribution in [3.63, 3.8) is 0 Å². The summed E-state index contributed by atoms with van der Waals surface area (Å²) in [6.07, 6.45) is -9.57. The van der Waals surface area contributed by atoms with E-state index >= 15 is 0 Å². The van der Waals surface area contributed by atoms with Crippen LogP contribution < -0.4 is 21.3 Å². The smallest absolute Gasteiger partial charge is 0.324 e. The van der Waals surface area contributed by atoms with Crippen molar-refractivity contribution in [2.75, 3.05) is 21.3 Å². The molecule has 5 rings (SSSR count). The Bertz CT molecular complexity index is 2740. The highest BCUT2D eigenvalue weighted by molar-refractivity contribution is 6.36. The number of hydrogen-bond donors (Lipinski definition) is 4. The van der Waals surface area contributed by atoms with Gasteiger partial charge in [0.2, 0.25) is 12.1 Å². The van der Waals surface area contributed by atoms with E-state index < -0.39 is 80.8 Å². The van der Waals surface area contributed by atoms with Crippen LogP contribution in [0.1, 0.15) is 56.8 Å². The van der Waals surface area contributed by atoms with Crippen molar-refractivity contribution in [1.29, 1.82) is 0 Å². The number of anilines is 4. The number of nitrogens with zero attached hydrogens (tertiary/aromatic N) is 4. The van der Waals surface area contributed by atoms with Gasteiger partial charge in [-0.15, -0.1) is 0 Å². The summed E-state index contributed by atoms with van der Waals surface area (Å²) in [4.78, 5) is 78.0. The summed E-state index contributed by atoms with van der Waals surface area (Å²) >= 11 is 24.3. The molecule has 0 heterocycles. The molecule has 0 aliphatic carbocycles. The quantitative estimate of drug-likeness (QED) is 0.0484. The number of nitrogens with one attached hydrogen (secondary N) is 4. The Morgan fingerprint density at radius 1 is 0.500 bits per heavy atom. The SMILES string of the molecule is CC(=O)C(N=Nc1cc(C(=O)Nc2cccc(C(F)(F)F)c2Cl)ccc1Cl)C(=O)Nc1cc(C)c(NC(=O)C(N=Nc2cc(C(=O)Nc3cccc(C(F)(F)F)c3Cl)ccc2Cl)C(C)=O)cc1C. The van der Waals surface area contributed by atoms with Crippen LogP contribution in [0.15, 0.2) is 105 Å². The zero-order chi connectivity index (χ0) is 50.4. The second-order valence-corrected chi connectivity index (χ2v) is 16.1. The minimum absolute atomic E-state index is 0.0636. The Kier molecular flexibility index (Phi) is 16.5. The third-order valence-electron chi connectivity index (χ3n) is 9.44. The molecule has 2 unspecified atom stereocenters. The fourth-order valence-corrected chi connectivity index (χ4v) is 6.78. The minimum atomic E-state index is -4.79. The topological polar surface area (TPSA) is 200 Å². The van der Waals surface area contributed by atoms with Crippen LogP contribution in [0.25, 0.3) is 0 Å². The lowest BCUT2D eigenvalue weighted by Crippen LogP contribution is -2.32. The molecule has 0 bridgehead atoms. The Hall–Kier alpha value is -6.74. The maximum atomic E-state index is 13.4. The molecule has 0 saturated heterocycles. The lowest BCUT2D eigenvalue weighted by atomic mass is 10.1. The molecule has 0 aromatic heterocycles. The molecule has 0 spiro atoms. The van der Waals surface area contributed by atoms with Gasteiger partial charge in [-0.05, 0) is 112 Å². The Balaban J connectivity index is 1.27. The van der Waals surface area contributed by atoms with Gasteiger partial charge in [0, 0.05) is 22.5 Å². The zero-order valence-electron chi connectivity index (χ0n) is 35.3. The lowest BCUT2D eigenvalue weighted by Gasteiger charge is -2.16. The molecule has 0 radical (unpaired) electrons. The van der Waals surface area contributed by atoms with Gasteiger partial charge in [-0.1, -0.05) is 58.5 Å². The van der Waals surface area contributed by atoms with Crippen molar-refractivity contribution in [3.8, 4) is 0 Å². The summed E-state index contributed by atoms with van der Waals surface area (Å²) in [5, 5.41) is 23.6. The first-order chi connectivity index (χ1) is 31.8. The summed E-state index contributed by atoms with van der Waals surface area (Å²) in [6, 6.07) is 12.5. The summed E-state index contributed by atoms with van der Waals surface area (Å²) in [7, 11) is 0. The number of carbonyl (C=O) groups is 6. The van der Waals surface area contributed by atoms with Crippen LogP contribution in [0.2, 0.25) is 20.1 Å². The molecule has 0 aliphatic heterocycles. The summed E-state index contributed by atoms with van der Waals surface area (Å²) < 4.78 is 80.0. The first-order valence-corrected chi connectivity index (χ1v) is 20.8.